The Morgan fingerprint density at radius 2 is 1.76 bits per heavy atom. The van der Waals surface area contributed by atoms with E-state index in [0.717, 1.165) is 28.3 Å². The van der Waals surface area contributed by atoms with E-state index < -0.39 is 0 Å². The van der Waals surface area contributed by atoms with Gasteiger partial charge in [-0.15, -0.1) is 0 Å². The summed E-state index contributed by atoms with van der Waals surface area (Å²) in [6, 6.07) is 15.8. The predicted octanol–water partition coefficient (Wildman–Crippen LogP) is 3.44. The van der Waals surface area contributed by atoms with E-state index in [9.17, 15) is 0 Å². The topological polar surface area (TPSA) is 53.1 Å². The monoisotopic (exact) mass is 279 g/mol. The van der Waals surface area contributed by atoms with E-state index in [1.807, 2.05) is 53.3 Å². The number of benzene rings is 2. The summed E-state index contributed by atoms with van der Waals surface area (Å²) in [5.74, 6) is 0.815. The van der Waals surface area contributed by atoms with E-state index in [1.54, 1.807) is 7.11 Å². The van der Waals surface area contributed by atoms with E-state index in [0.29, 0.717) is 5.69 Å². The number of nitrogens with two attached hydrogens (primary N) is 1. The van der Waals surface area contributed by atoms with Gasteiger partial charge in [-0.1, -0.05) is 18.2 Å². The summed E-state index contributed by atoms with van der Waals surface area (Å²) in [5, 5.41) is 4.62. The number of methoxy groups -OCH3 is 1. The van der Waals surface area contributed by atoms with Gasteiger partial charge in [-0.2, -0.15) is 5.10 Å². The smallest absolute Gasteiger partial charge is 0.118 e. The van der Waals surface area contributed by atoms with Crippen LogP contribution in [0.15, 0.2) is 54.7 Å². The van der Waals surface area contributed by atoms with Gasteiger partial charge in [-0.25, -0.2) is 4.68 Å². The fraction of sp³-hybridized carbons (Fsp3) is 0.118. The second-order valence-electron chi connectivity index (χ2n) is 4.89. The van der Waals surface area contributed by atoms with Crippen LogP contribution in [0, 0.1) is 6.92 Å². The van der Waals surface area contributed by atoms with Crippen LogP contribution in [0.3, 0.4) is 0 Å². The number of para-hydroxylation sites is 1. The van der Waals surface area contributed by atoms with Gasteiger partial charge in [-0.3, -0.25) is 0 Å². The number of rotatable bonds is 3. The fourth-order valence-electron chi connectivity index (χ4n) is 2.30. The molecule has 0 amide bonds. The molecular formula is C17H17N3O. The van der Waals surface area contributed by atoms with Crippen LogP contribution >= 0.6 is 0 Å². The first-order valence-corrected chi connectivity index (χ1v) is 6.74. The number of aryl methyl sites for hydroxylation is 1. The Morgan fingerprint density at radius 3 is 2.43 bits per heavy atom. The Balaban J connectivity index is 2.03. The van der Waals surface area contributed by atoms with Gasteiger partial charge in [0.1, 0.15) is 11.4 Å². The number of hydrogen-bond donors (Lipinski definition) is 1. The average molecular weight is 279 g/mol. The fourth-order valence-corrected chi connectivity index (χ4v) is 2.30. The molecule has 0 bridgehead atoms. The standard InChI is InChI=1S/C17H17N3O/c1-12-5-3-4-6-16(12)20-11-15(18)17(19-20)13-7-9-14(21-2)10-8-13/h3-11H,18H2,1-2H3. The Kier molecular flexibility index (Phi) is 3.36. The molecule has 4 nitrogen and oxygen atoms in total. The van der Waals surface area contributed by atoms with E-state index in [2.05, 4.69) is 18.1 Å². The highest BCUT2D eigenvalue weighted by Gasteiger charge is 2.10. The molecule has 0 saturated heterocycles. The number of hydrogen-bond acceptors (Lipinski definition) is 3. The molecule has 0 unspecified atom stereocenters. The van der Waals surface area contributed by atoms with E-state index >= 15 is 0 Å². The third-order valence-corrected chi connectivity index (χ3v) is 3.47. The molecule has 0 spiro atoms. The Hall–Kier alpha value is -2.75. The number of anilines is 1. The molecule has 4 heteroatoms. The highest BCUT2D eigenvalue weighted by Crippen LogP contribution is 2.27. The van der Waals surface area contributed by atoms with Gasteiger partial charge in [0.05, 0.1) is 24.7 Å². The predicted molar refractivity (Wildman–Crippen MR) is 84.7 cm³/mol. The van der Waals surface area contributed by atoms with Gasteiger partial charge in [0.15, 0.2) is 0 Å². The molecule has 0 aliphatic heterocycles. The molecule has 1 heterocycles. The quantitative estimate of drug-likeness (QED) is 0.799. The summed E-state index contributed by atoms with van der Waals surface area (Å²) < 4.78 is 6.99. The molecule has 3 rings (SSSR count). The first kappa shape index (κ1) is 13.2. The maximum absolute atomic E-state index is 6.12. The normalized spacial score (nSPS) is 10.6. The largest absolute Gasteiger partial charge is 0.497 e. The second-order valence-corrected chi connectivity index (χ2v) is 4.89. The molecule has 1 aromatic heterocycles. The summed E-state index contributed by atoms with van der Waals surface area (Å²) in [6.45, 7) is 2.06. The van der Waals surface area contributed by atoms with Gasteiger partial charge in [0.2, 0.25) is 0 Å². The van der Waals surface area contributed by atoms with E-state index in [1.165, 1.54) is 0 Å². The molecule has 0 radical (unpaired) electrons. The zero-order chi connectivity index (χ0) is 14.8. The van der Waals surface area contributed by atoms with Crippen molar-refractivity contribution in [2.75, 3.05) is 12.8 Å². The summed E-state index contributed by atoms with van der Waals surface area (Å²) in [5.41, 5.74) is 10.7. The van der Waals surface area contributed by atoms with Crippen molar-refractivity contribution < 1.29 is 4.74 Å². The van der Waals surface area contributed by atoms with Crippen molar-refractivity contribution in [3.63, 3.8) is 0 Å². The number of nitrogens with zero attached hydrogens (tertiary/aromatic N) is 2. The van der Waals surface area contributed by atoms with Gasteiger partial charge in [0.25, 0.3) is 0 Å². The van der Waals surface area contributed by atoms with Crippen LogP contribution in [0.25, 0.3) is 16.9 Å². The molecular weight excluding hydrogens is 262 g/mol. The lowest BCUT2D eigenvalue weighted by molar-refractivity contribution is 0.415. The van der Waals surface area contributed by atoms with Crippen molar-refractivity contribution >= 4 is 5.69 Å². The van der Waals surface area contributed by atoms with Crippen molar-refractivity contribution in [1.82, 2.24) is 9.78 Å². The van der Waals surface area contributed by atoms with Crippen molar-refractivity contribution in [3.8, 4) is 22.7 Å². The molecule has 2 aromatic carbocycles. The Bertz CT molecular complexity index is 760. The maximum Gasteiger partial charge on any atom is 0.118 e. The van der Waals surface area contributed by atoms with Gasteiger partial charge < -0.3 is 10.5 Å². The molecule has 0 saturated carbocycles. The molecule has 2 N–H and O–H groups in total. The van der Waals surface area contributed by atoms with Gasteiger partial charge >= 0.3 is 0 Å². The first-order chi connectivity index (χ1) is 10.2. The minimum absolute atomic E-state index is 0.656. The molecule has 0 aliphatic rings. The molecule has 0 aliphatic carbocycles. The van der Waals surface area contributed by atoms with Crippen LogP contribution < -0.4 is 10.5 Å². The van der Waals surface area contributed by atoms with Crippen molar-refractivity contribution in [2.24, 2.45) is 0 Å². The maximum atomic E-state index is 6.12. The zero-order valence-electron chi connectivity index (χ0n) is 12.1. The summed E-state index contributed by atoms with van der Waals surface area (Å²) >= 11 is 0. The first-order valence-electron chi connectivity index (χ1n) is 6.74. The lowest BCUT2D eigenvalue weighted by atomic mass is 10.1. The Labute approximate surface area is 123 Å². The highest BCUT2D eigenvalue weighted by atomic mass is 16.5. The molecule has 106 valence electrons. The highest BCUT2D eigenvalue weighted by molar-refractivity contribution is 5.73. The van der Waals surface area contributed by atoms with Crippen LogP contribution in [0.2, 0.25) is 0 Å². The van der Waals surface area contributed by atoms with Gasteiger partial charge in [-0.05, 0) is 42.8 Å². The third kappa shape index (κ3) is 2.48. The van der Waals surface area contributed by atoms with Crippen LogP contribution in [0.4, 0.5) is 5.69 Å². The molecule has 0 atom stereocenters. The summed E-state index contributed by atoms with van der Waals surface area (Å²) in [6.07, 6.45) is 1.85. The zero-order valence-corrected chi connectivity index (χ0v) is 12.1. The SMILES string of the molecule is COc1ccc(-c2nn(-c3ccccc3C)cc2N)cc1. The van der Waals surface area contributed by atoms with Crippen molar-refractivity contribution in [2.45, 2.75) is 6.92 Å². The number of ether oxygens (including phenoxy) is 1. The van der Waals surface area contributed by atoms with Gasteiger partial charge in [0, 0.05) is 5.56 Å². The van der Waals surface area contributed by atoms with Crippen molar-refractivity contribution in [1.29, 1.82) is 0 Å². The lowest BCUT2D eigenvalue weighted by Crippen LogP contribution is -1.97. The van der Waals surface area contributed by atoms with Crippen LogP contribution in [0.1, 0.15) is 5.56 Å². The van der Waals surface area contributed by atoms with Crippen LogP contribution in [0.5, 0.6) is 5.75 Å². The molecule has 0 fully saturated rings. The van der Waals surface area contributed by atoms with Crippen molar-refractivity contribution in [3.05, 3.63) is 60.3 Å². The summed E-state index contributed by atoms with van der Waals surface area (Å²) in [4.78, 5) is 0. The number of aromatic nitrogens is 2. The summed E-state index contributed by atoms with van der Waals surface area (Å²) in [7, 11) is 1.65. The van der Waals surface area contributed by atoms with Crippen LogP contribution in [-0.2, 0) is 0 Å². The van der Waals surface area contributed by atoms with E-state index in [4.69, 9.17) is 10.5 Å². The Morgan fingerprint density at radius 1 is 1.05 bits per heavy atom. The lowest BCUT2D eigenvalue weighted by Gasteiger charge is -2.04. The number of nitrogen functional groups attached to an aromatic ring is 1. The van der Waals surface area contributed by atoms with E-state index in [-0.39, 0.29) is 0 Å². The average Bonchev–Trinajstić information content (AvgIpc) is 2.89. The third-order valence-electron chi connectivity index (χ3n) is 3.47. The molecule has 21 heavy (non-hydrogen) atoms. The minimum atomic E-state index is 0.656. The molecule has 3 aromatic rings. The minimum Gasteiger partial charge on any atom is -0.497 e. The van der Waals surface area contributed by atoms with Crippen LogP contribution in [-0.4, -0.2) is 16.9 Å². The second kappa shape index (κ2) is 5.32.